The molecule has 3 aromatic carbocycles. The normalized spacial score (nSPS) is 14.0. The van der Waals surface area contributed by atoms with Crippen molar-refractivity contribution in [3.05, 3.63) is 83.4 Å². The molecule has 0 aromatic heterocycles. The minimum absolute atomic E-state index is 0.102. The molecule has 1 amide bonds. The Balaban J connectivity index is 0.000000214. The van der Waals surface area contributed by atoms with Crippen LogP contribution in [0, 0.1) is 0 Å². The average Bonchev–Trinajstić information content (AvgIpc) is 3.39. The number of carboxylic acid groups (broad SMARTS) is 1. The van der Waals surface area contributed by atoms with E-state index in [1.165, 1.54) is 55.6 Å². The lowest BCUT2D eigenvalue weighted by Crippen LogP contribution is -2.18. The second-order valence-corrected chi connectivity index (χ2v) is 9.12. The van der Waals surface area contributed by atoms with Gasteiger partial charge in [0.15, 0.2) is 0 Å². The molecule has 0 bridgehead atoms. The molecule has 8 heteroatoms. The maximum atomic E-state index is 10.5. The summed E-state index contributed by atoms with van der Waals surface area (Å²) in [5.74, 6) is -0.624. The van der Waals surface area contributed by atoms with E-state index in [9.17, 15) is 14.7 Å². The molecule has 1 atom stereocenters. The number of aromatic hydroxyl groups is 1. The predicted molar refractivity (Wildman–Crippen MR) is 139 cm³/mol. The number of hydrogen-bond acceptors (Lipinski definition) is 6. The Hall–Kier alpha value is -3.33. The van der Waals surface area contributed by atoms with Gasteiger partial charge in [0, 0.05) is 17.0 Å². The van der Waals surface area contributed by atoms with Crippen molar-refractivity contribution in [2.75, 3.05) is 13.1 Å². The van der Waals surface area contributed by atoms with Gasteiger partial charge in [0.25, 0.3) is 0 Å². The minimum Gasteiger partial charge on any atom is -0.507 e. The van der Waals surface area contributed by atoms with Crippen LogP contribution < -0.4 is 10.5 Å². The number of likely N-dealkylation sites (tertiary alicyclic amines) is 1. The second-order valence-electron chi connectivity index (χ2n) is 8.41. The number of hydrogen-bond donors (Lipinski definition) is 4. The number of carbonyl (C=O) groups is 2. The molecule has 1 heterocycles. The average molecular weight is 494 g/mol. The molecule has 1 saturated heterocycles. The molecule has 1 fully saturated rings. The first-order chi connectivity index (χ1) is 16.9. The van der Waals surface area contributed by atoms with Crippen LogP contribution in [0.5, 0.6) is 5.75 Å². The highest BCUT2D eigenvalue weighted by molar-refractivity contribution is 7.97. The maximum absolute atomic E-state index is 10.5. The van der Waals surface area contributed by atoms with Crippen molar-refractivity contribution in [1.82, 2.24) is 10.2 Å². The van der Waals surface area contributed by atoms with Crippen LogP contribution in [0.4, 0.5) is 0 Å². The van der Waals surface area contributed by atoms with E-state index in [0.29, 0.717) is 12.2 Å². The van der Waals surface area contributed by atoms with Crippen LogP contribution in [0.15, 0.2) is 71.6 Å². The quantitative estimate of drug-likeness (QED) is 0.263. The number of carboxylic acids is 1. The third-order valence-corrected chi connectivity index (χ3v) is 6.49. The summed E-state index contributed by atoms with van der Waals surface area (Å²) < 4.78 is 0. The van der Waals surface area contributed by atoms with E-state index < -0.39 is 5.97 Å². The number of rotatable bonds is 8. The molecule has 35 heavy (non-hydrogen) atoms. The minimum atomic E-state index is -0.951. The van der Waals surface area contributed by atoms with Gasteiger partial charge in [-0.15, -0.1) is 0 Å². The van der Waals surface area contributed by atoms with Crippen LogP contribution in [0.1, 0.15) is 47.3 Å². The Morgan fingerprint density at radius 2 is 1.74 bits per heavy atom. The molecule has 4 rings (SSSR count). The highest BCUT2D eigenvalue weighted by atomic mass is 32.2. The Kier molecular flexibility index (Phi) is 9.72. The van der Waals surface area contributed by atoms with E-state index in [-0.39, 0.29) is 11.6 Å². The van der Waals surface area contributed by atoms with Crippen LogP contribution in [-0.2, 0) is 11.3 Å². The monoisotopic (exact) mass is 493 g/mol. The second kappa shape index (κ2) is 12.9. The van der Waals surface area contributed by atoms with Crippen molar-refractivity contribution in [2.45, 2.75) is 37.2 Å². The fraction of sp³-hybridized carbons (Fsp3) is 0.259. The molecule has 7 nitrogen and oxygen atoms in total. The Morgan fingerprint density at radius 1 is 1.09 bits per heavy atom. The van der Waals surface area contributed by atoms with Crippen molar-refractivity contribution in [2.24, 2.45) is 5.14 Å². The lowest BCUT2D eigenvalue weighted by atomic mass is 10.0. The van der Waals surface area contributed by atoms with Crippen molar-refractivity contribution < 1.29 is 19.8 Å². The van der Waals surface area contributed by atoms with E-state index in [2.05, 4.69) is 16.3 Å². The van der Waals surface area contributed by atoms with Gasteiger partial charge in [-0.3, -0.25) is 14.8 Å². The third kappa shape index (κ3) is 7.58. The highest BCUT2D eigenvalue weighted by Gasteiger charge is 2.13. The number of benzene rings is 3. The van der Waals surface area contributed by atoms with Gasteiger partial charge >= 0.3 is 5.97 Å². The summed E-state index contributed by atoms with van der Waals surface area (Å²) >= 11 is 1.23. The van der Waals surface area contributed by atoms with Gasteiger partial charge in [-0.05, 0) is 97.9 Å². The molecule has 0 spiro atoms. The molecule has 1 aliphatic heterocycles. The SMILES string of the molecule is CC(NC=O)c1ccc(C(=O)O)cc1.NSc1ccc(-c2cc(CN3CCCC3)ccc2O)cc1. The molecule has 184 valence electrons. The van der Waals surface area contributed by atoms with E-state index >= 15 is 0 Å². The Bertz CT molecular complexity index is 1110. The van der Waals surface area contributed by atoms with Gasteiger partial charge in [-0.2, -0.15) is 0 Å². The van der Waals surface area contributed by atoms with Crippen LogP contribution in [0.2, 0.25) is 0 Å². The smallest absolute Gasteiger partial charge is 0.335 e. The van der Waals surface area contributed by atoms with Gasteiger partial charge in [0.05, 0.1) is 11.6 Å². The summed E-state index contributed by atoms with van der Waals surface area (Å²) in [6.45, 7) is 5.14. The van der Waals surface area contributed by atoms with Crippen LogP contribution in [-0.4, -0.2) is 40.6 Å². The molecular weight excluding hydrogens is 462 g/mol. The number of carbonyl (C=O) groups excluding carboxylic acids is 1. The molecule has 0 saturated carbocycles. The first kappa shape index (κ1) is 26.3. The van der Waals surface area contributed by atoms with Crippen molar-refractivity contribution in [1.29, 1.82) is 0 Å². The molecule has 1 unspecified atom stereocenters. The van der Waals surface area contributed by atoms with Crippen molar-refractivity contribution in [3.8, 4) is 16.9 Å². The lowest BCUT2D eigenvalue weighted by molar-refractivity contribution is -0.110. The number of nitrogens with two attached hydrogens (primary N) is 1. The summed E-state index contributed by atoms with van der Waals surface area (Å²) in [6.07, 6.45) is 3.21. The zero-order valence-electron chi connectivity index (χ0n) is 19.7. The van der Waals surface area contributed by atoms with E-state index in [1.807, 2.05) is 37.3 Å². The van der Waals surface area contributed by atoms with Gasteiger partial charge in [-0.25, -0.2) is 4.79 Å². The predicted octanol–water partition coefficient (Wildman–Crippen LogP) is 4.81. The van der Waals surface area contributed by atoms with Gasteiger partial charge < -0.3 is 15.5 Å². The molecule has 3 aromatic rings. The fourth-order valence-corrected chi connectivity index (χ4v) is 4.23. The first-order valence-corrected chi connectivity index (χ1v) is 12.3. The number of phenolic OH excluding ortho intramolecular Hbond substituents is 1. The zero-order valence-corrected chi connectivity index (χ0v) is 20.5. The summed E-state index contributed by atoms with van der Waals surface area (Å²) in [6, 6.07) is 20.2. The Labute approximate surface area is 210 Å². The van der Waals surface area contributed by atoms with Gasteiger partial charge in [0.1, 0.15) is 5.75 Å². The Morgan fingerprint density at radius 3 is 2.31 bits per heavy atom. The number of nitrogens with zero attached hydrogens (tertiary/aromatic N) is 1. The lowest BCUT2D eigenvalue weighted by Gasteiger charge is -2.16. The summed E-state index contributed by atoms with van der Waals surface area (Å²) in [5.41, 5.74) is 4.28. The van der Waals surface area contributed by atoms with Crippen molar-refractivity contribution >= 4 is 24.3 Å². The van der Waals surface area contributed by atoms with Crippen LogP contribution in [0.25, 0.3) is 11.1 Å². The summed E-state index contributed by atoms with van der Waals surface area (Å²) in [4.78, 5) is 24.2. The molecule has 0 radical (unpaired) electrons. The van der Waals surface area contributed by atoms with Gasteiger partial charge in [0.2, 0.25) is 6.41 Å². The molecule has 1 aliphatic rings. The maximum Gasteiger partial charge on any atom is 0.335 e. The van der Waals surface area contributed by atoms with Gasteiger partial charge in [-0.1, -0.05) is 30.3 Å². The van der Waals surface area contributed by atoms with Crippen molar-refractivity contribution in [3.63, 3.8) is 0 Å². The third-order valence-electron chi connectivity index (χ3n) is 5.94. The standard InChI is InChI=1S/C17H20N2OS.C10H11NO3/c18-21-15-6-4-14(5-7-15)16-11-13(3-8-17(16)20)12-19-9-1-2-10-19;1-7(11-6-12)8-2-4-9(5-3-8)10(13)14/h3-8,11,20H,1-2,9-10,12,18H2;2-7H,1H3,(H,11,12)(H,13,14). The number of amides is 1. The van der Waals surface area contributed by atoms with Crippen LogP contribution in [0.3, 0.4) is 0 Å². The zero-order chi connectivity index (χ0) is 25.2. The van der Waals surface area contributed by atoms with E-state index in [1.54, 1.807) is 18.2 Å². The molecule has 0 aliphatic carbocycles. The number of nitrogens with one attached hydrogen (secondary N) is 1. The molecular formula is C27H31N3O4S. The van der Waals surface area contributed by atoms with E-state index in [4.69, 9.17) is 10.2 Å². The van der Waals surface area contributed by atoms with Crippen LogP contribution >= 0.6 is 11.9 Å². The van der Waals surface area contributed by atoms with E-state index in [0.717, 1.165) is 28.1 Å². The summed E-state index contributed by atoms with van der Waals surface area (Å²) in [7, 11) is 0. The topological polar surface area (TPSA) is 116 Å². The first-order valence-electron chi connectivity index (χ1n) is 11.5. The largest absolute Gasteiger partial charge is 0.507 e. The molecule has 5 N–H and O–H groups in total. The fourth-order valence-electron chi connectivity index (χ4n) is 3.94. The highest BCUT2D eigenvalue weighted by Crippen LogP contribution is 2.31. The summed E-state index contributed by atoms with van der Waals surface area (Å²) in [5, 5.41) is 26.9. The number of phenols is 1. The number of aromatic carboxylic acids is 1.